The summed E-state index contributed by atoms with van der Waals surface area (Å²) < 4.78 is 0. The second-order valence-corrected chi connectivity index (χ2v) is 4.60. The highest BCUT2D eigenvalue weighted by atomic mass is 32.2. The van der Waals surface area contributed by atoms with E-state index in [1.807, 2.05) is 11.8 Å². The van der Waals surface area contributed by atoms with Gasteiger partial charge in [-0.3, -0.25) is 0 Å². The highest BCUT2D eigenvalue weighted by Crippen LogP contribution is 2.24. The van der Waals surface area contributed by atoms with Crippen LogP contribution < -0.4 is 5.32 Å². The van der Waals surface area contributed by atoms with Crippen molar-refractivity contribution >= 4 is 17.4 Å². The number of benzene rings is 1. The van der Waals surface area contributed by atoms with Crippen molar-refractivity contribution in [2.45, 2.75) is 19.1 Å². The monoisotopic (exact) mass is 193 g/mol. The van der Waals surface area contributed by atoms with Crippen molar-refractivity contribution in [3.63, 3.8) is 0 Å². The normalized spacial score (nSPS) is 16.7. The van der Waals surface area contributed by atoms with Crippen LogP contribution in [0.5, 0.6) is 0 Å². The van der Waals surface area contributed by atoms with E-state index in [1.54, 1.807) is 0 Å². The molecule has 2 heteroatoms. The Kier molecular flexibility index (Phi) is 2.79. The van der Waals surface area contributed by atoms with Crippen LogP contribution in [0.25, 0.3) is 0 Å². The first-order chi connectivity index (χ1) is 6.36. The number of rotatable bonds is 0. The average molecular weight is 193 g/mol. The molecule has 0 amide bonds. The molecule has 13 heavy (non-hydrogen) atoms. The molecule has 0 spiro atoms. The standard InChI is InChI=1S/C11H15NS/c1-9-3-4-11-10(7-9)8-13-6-2-5-12-11/h3-4,7,12H,2,5-6,8H2,1H3. The molecular formula is C11H15NS. The SMILES string of the molecule is Cc1ccc2c(c1)CSCCCN2. The van der Waals surface area contributed by atoms with Crippen LogP contribution in [0.3, 0.4) is 0 Å². The number of aryl methyl sites for hydroxylation is 1. The summed E-state index contributed by atoms with van der Waals surface area (Å²) >= 11 is 2.04. The molecule has 1 aromatic carbocycles. The quantitative estimate of drug-likeness (QED) is 0.679. The number of hydrogen-bond acceptors (Lipinski definition) is 2. The second-order valence-electron chi connectivity index (χ2n) is 3.49. The summed E-state index contributed by atoms with van der Waals surface area (Å²) in [6.07, 6.45) is 1.28. The number of hydrogen-bond donors (Lipinski definition) is 1. The van der Waals surface area contributed by atoms with Crippen LogP contribution in [0.2, 0.25) is 0 Å². The Morgan fingerprint density at radius 2 is 2.31 bits per heavy atom. The van der Waals surface area contributed by atoms with E-state index in [2.05, 4.69) is 30.4 Å². The van der Waals surface area contributed by atoms with E-state index in [0.29, 0.717) is 0 Å². The molecule has 0 radical (unpaired) electrons. The van der Waals surface area contributed by atoms with E-state index in [0.717, 1.165) is 12.3 Å². The largest absolute Gasteiger partial charge is 0.385 e. The topological polar surface area (TPSA) is 12.0 Å². The van der Waals surface area contributed by atoms with Gasteiger partial charge in [-0.25, -0.2) is 0 Å². The molecule has 1 N–H and O–H groups in total. The Bertz CT molecular complexity index is 296. The Hall–Kier alpha value is -0.630. The third-order valence-electron chi connectivity index (χ3n) is 2.30. The second kappa shape index (κ2) is 4.05. The molecule has 0 atom stereocenters. The highest BCUT2D eigenvalue weighted by Gasteiger charge is 2.05. The van der Waals surface area contributed by atoms with Crippen molar-refractivity contribution in [3.8, 4) is 0 Å². The fourth-order valence-electron chi connectivity index (χ4n) is 1.59. The Morgan fingerprint density at radius 3 is 3.23 bits per heavy atom. The smallest absolute Gasteiger partial charge is 0.0381 e. The first kappa shape index (κ1) is 8.95. The van der Waals surface area contributed by atoms with Gasteiger partial charge >= 0.3 is 0 Å². The first-order valence-electron chi connectivity index (χ1n) is 4.77. The van der Waals surface area contributed by atoms with Gasteiger partial charge in [-0.2, -0.15) is 11.8 Å². The molecule has 1 aliphatic heterocycles. The van der Waals surface area contributed by atoms with Crippen molar-refractivity contribution < 1.29 is 0 Å². The van der Waals surface area contributed by atoms with Crippen LogP contribution >= 0.6 is 11.8 Å². The van der Waals surface area contributed by atoms with Gasteiger partial charge in [0.05, 0.1) is 0 Å². The average Bonchev–Trinajstić information content (AvgIpc) is 2.08. The van der Waals surface area contributed by atoms with E-state index >= 15 is 0 Å². The minimum Gasteiger partial charge on any atom is -0.385 e. The Labute approximate surface area is 83.9 Å². The van der Waals surface area contributed by atoms with E-state index in [9.17, 15) is 0 Å². The van der Waals surface area contributed by atoms with E-state index < -0.39 is 0 Å². The summed E-state index contributed by atoms with van der Waals surface area (Å²) in [5.41, 5.74) is 4.16. The van der Waals surface area contributed by atoms with Crippen LogP contribution in [0.1, 0.15) is 17.5 Å². The summed E-state index contributed by atoms with van der Waals surface area (Å²) in [7, 11) is 0. The first-order valence-corrected chi connectivity index (χ1v) is 5.93. The molecule has 0 fully saturated rings. The van der Waals surface area contributed by atoms with E-state index in [1.165, 1.54) is 29.0 Å². The highest BCUT2D eigenvalue weighted by molar-refractivity contribution is 7.98. The lowest BCUT2D eigenvalue weighted by molar-refractivity contribution is 0.980. The van der Waals surface area contributed by atoms with Crippen molar-refractivity contribution in [2.24, 2.45) is 0 Å². The van der Waals surface area contributed by atoms with Gasteiger partial charge in [-0.15, -0.1) is 0 Å². The summed E-state index contributed by atoms with van der Waals surface area (Å²) in [4.78, 5) is 0. The zero-order chi connectivity index (χ0) is 9.10. The fraction of sp³-hybridized carbons (Fsp3) is 0.455. The number of nitrogens with one attached hydrogen (secondary N) is 1. The molecule has 0 saturated carbocycles. The van der Waals surface area contributed by atoms with E-state index in [4.69, 9.17) is 0 Å². The summed E-state index contributed by atoms with van der Waals surface area (Å²) in [6.45, 7) is 3.27. The minimum absolute atomic E-state index is 1.11. The lowest BCUT2D eigenvalue weighted by atomic mass is 10.1. The summed E-state index contributed by atoms with van der Waals surface area (Å²) in [5.74, 6) is 2.43. The van der Waals surface area contributed by atoms with Gasteiger partial charge in [0.25, 0.3) is 0 Å². The molecule has 70 valence electrons. The summed E-state index contributed by atoms with van der Waals surface area (Å²) in [6, 6.07) is 6.68. The van der Waals surface area contributed by atoms with Gasteiger partial charge < -0.3 is 5.32 Å². The molecule has 1 heterocycles. The molecule has 0 unspecified atom stereocenters. The third-order valence-corrected chi connectivity index (χ3v) is 3.39. The molecule has 0 bridgehead atoms. The van der Waals surface area contributed by atoms with Crippen molar-refractivity contribution in [2.75, 3.05) is 17.6 Å². The van der Waals surface area contributed by atoms with Gasteiger partial charge in [0.15, 0.2) is 0 Å². The molecular weight excluding hydrogens is 178 g/mol. The summed E-state index contributed by atoms with van der Waals surface area (Å²) in [5, 5.41) is 3.48. The van der Waals surface area contributed by atoms with Gasteiger partial charge in [0, 0.05) is 18.0 Å². The van der Waals surface area contributed by atoms with Crippen molar-refractivity contribution in [1.82, 2.24) is 0 Å². The zero-order valence-electron chi connectivity index (χ0n) is 7.97. The Morgan fingerprint density at radius 1 is 1.38 bits per heavy atom. The van der Waals surface area contributed by atoms with Crippen LogP contribution in [-0.2, 0) is 5.75 Å². The van der Waals surface area contributed by atoms with Gasteiger partial charge in [-0.05, 0) is 30.7 Å². The van der Waals surface area contributed by atoms with Crippen LogP contribution in [0.4, 0.5) is 5.69 Å². The number of fused-ring (bicyclic) bond motifs is 1. The third kappa shape index (κ3) is 2.19. The zero-order valence-corrected chi connectivity index (χ0v) is 8.79. The maximum Gasteiger partial charge on any atom is 0.0381 e. The molecule has 0 saturated heterocycles. The van der Waals surface area contributed by atoms with Gasteiger partial charge in [0.2, 0.25) is 0 Å². The molecule has 0 aromatic heterocycles. The predicted molar refractivity (Wildman–Crippen MR) is 60.4 cm³/mol. The maximum atomic E-state index is 3.48. The molecule has 1 aliphatic rings. The fourth-order valence-corrected chi connectivity index (χ4v) is 2.55. The predicted octanol–water partition coefficient (Wildman–Crippen LogP) is 3.04. The van der Waals surface area contributed by atoms with Crippen molar-refractivity contribution in [3.05, 3.63) is 29.3 Å². The molecule has 0 aliphatic carbocycles. The molecule has 1 nitrogen and oxygen atoms in total. The van der Waals surface area contributed by atoms with Gasteiger partial charge in [0.1, 0.15) is 0 Å². The lowest BCUT2D eigenvalue weighted by Crippen LogP contribution is -2.07. The number of anilines is 1. The Balaban J connectivity index is 2.28. The van der Waals surface area contributed by atoms with E-state index in [-0.39, 0.29) is 0 Å². The van der Waals surface area contributed by atoms with Crippen LogP contribution in [0, 0.1) is 6.92 Å². The number of thioether (sulfide) groups is 1. The van der Waals surface area contributed by atoms with Gasteiger partial charge in [-0.1, -0.05) is 17.7 Å². The maximum absolute atomic E-state index is 3.48. The minimum atomic E-state index is 1.11. The lowest BCUT2D eigenvalue weighted by Gasteiger charge is -2.15. The molecule has 2 rings (SSSR count). The van der Waals surface area contributed by atoms with Crippen LogP contribution in [-0.4, -0.2) is 12.3 Å². The van der Waals surface area contributed by atoms with Crippen molar-refractivity contribution in [1.29, 1.82) is 0 Å². The molecule has 1 aromatic rings. The van der Waals surface area contributed by atoms with Crippen LogP contribution in [0.15, 0.2) is 18.2 Å².